The fourth-order valence-electron chi connectivity index (χ4n) is 5.56. The molecule has 0 spiro atoms. The summed E-state index contributed by atoms with van der Waals surface area (Å²) < 4.78 is 9.57. The number of esters is 2. The van der Waals surface area contributed by atoms with Crippen LogP contribution in [-0.2, 0) is 19.1 Å². The second kappa shape index (κ2) is 7.98. The maximum Gasteiger partial charge on any atom is 0.333 e. The summed E-state index contributed by atoms with van der Waals surface area (Å²) in [6.07, 6.45) is 8.52. The molecule has 0 aromatic heterocycles. The van der Waals surface area contributed by atoms with Gasteiger partial charge in [0.2, 0.25) is 0 Å². The number of hydrogen-bond donors (Lipinski definition) is 0. The maximum absolute atomic E-state index is 12.1. The van der Waals surface area contributed by atoms with E-state index in [9.17, 15) is 9.59 Å². The van der Waals surface area contributed by atoms with Crippen LogP contribution in [0, 0.1) is 22.7 Å². The lowest BCUT2D eigenvalue weighted by atomic mass is 9.47. The van der Waals surface area contributed by atoms with Crippen LogP contribution in [0.2, 0.25) is 0 Å². The number of methoxy groups -OCH3 is 2. The molecule has 2 saturated carbocycles. The third-order valence-corrected chi connectivity index (χ3v) is 6.93. The molecule has 4 nitrogen and oxygen atoms in total. The van der Waals surface area contributed by atoms with Crippen molar-refractivity contribution < 1.29 is 19.1 Å². The Morgan fingerprint density at radius 2 is 1.88 bits per heavy atom. The smallest absolute Gasteiger partial charge is 0.333 e. The first kappa shape index (κ1) is 20.7. The molecule has 0 N–H and O–H groups in total. The van der Waals surface area contributed by atoms with E-state index >= 15 is 0 Å². The van der Waals surface area contributed by atoms with Crippen LogP contribution in [0.15, 0.2) is 23.8 Å². The average Bonchev–Trinajstić information content (AvgIpc) is 2.58. The van der Waals surface area contributed by atoms with Gasteiger partial charge in [0.1, 0.15) is 0 Å². The Hall–Kier alpha value is -1.58. The summed E-state index contributed by atoms with van der Waals surface area (Å²) in [5.41, 5.74) is 2.19. The van der Waals surface area contributed by atoms with Crippen LogP contribution in [0.5, 0.6) is 0 Å². The molecule has 2 aliphatic rings. The molecule has 1 unspecified atom stereocenters. The predicted molar refractivity (Wildman–Crippen MR) is 102 cm³/mol. The van der Waals surface area contributed by atoms with E-state index in [0.29, 0.717) is 22.8 Å². The number of fused-ring (bicyclic) bond motifs is 1. The normalized spacial score (nSPS) is 31.1. The molecule has 146 valence electrons. The van der Waals surface area contributed by atoms with Gasteiger partial charge in [0.05, 0.1) is 20.6 Å². The molecule has 2 rings (SSSR count). The van der Waals surface area contributed by atoms with Gasteiger partial charge in [0, 0.05) is 5.57 Å². The average molecular weight is 363 g/mol. The summed E-state index contributed by atoms with van der Waals surface area (Å²) in [7, 11) is 2.67. The molecule has 0 bridgehead atoms. The van der Waals surface area contributed by atoms with Crippen LogP contribution < -0.4 is 0 Å². The van der Waals surface area contributed by atoms with E-state index in [0.717, 1.165) is 12.8 Å². The van der Waals surface area contributed by atoms with E-state index in [4.69, 9.17) is 9.47 Å². The molecular weight excluding hydrogens is 328 g/mol. The van der Waals surface area contributed by atoms with Crippen LogP contribution in [0.3, 0.4) is 0 Å². The lowest BCUT2D eigenvalue weighted by molar-refractivity contribution is -0.143. The largest absolute Gasteiger partial charge is 0.469 e. The highest BCUT2D eigenvalue weighted by Crippen LogP contribution is 2.61. The van der Waals surface area contributed by atoms with E-state index in [-0.39, 0.29) is 11.8 Å². The summed E-state index contributed by atoms with van der Waals surface area (Å²) in [5, 5.41) is 0. The molecular formula is C22H34O4. The molecule has 0 saturated heterocycles. The Kier molecular flexibility index (Phi) is 6.36. The molecule has 4 heteroatoms. The predicted octanol–water partition coefficient (Wildman–Crippen LogP) is 4.84. The Balaban J connectivity index is 2.27. The zero-order valence-corrected chi connectivity index (χ0v) is 17.0. The lowest BCUT2D eigenvalue weighted by Gasteiger charge is -2.58. The summed E-state index contributed by atoms with van der Waals surface area (Å²) in [4.78, 5) is 23.7. The van der Waals surface area contributed by atoms with Gasteiger partial charge in [-0.15, -0.1) is 0 Å². The van der Waals surface area contributed by atoms with Crippen LogP contribution >= 0.6 is 0 Å². The fraction of sp³-hybridized carbons (Fsp3) is 0.727. The minimum atomic E-state index is -0.456. The second-order valence-corrected chi connectivity index (χ2v) is 8.86. The van der Waals surface area contributed by atoms with Crippen molar-refractivity contribution in [2.45, 2.75) is 65.7 Å². The molecule has 26 heavy (non-hydrogen) atoms. The maximum atomic E-state index is 12.1. The highest BCUT2D eigenvalue weighted by molar-refractivity contribution is 5.93. The molecule has 0 heterocycles. The summed E-state index contributed by atoms with van der Waals surface area (Å²) in [5.74, 6) is 0.113. The number of carbonyl (C=O) groups is 2. The minimum absolute atomic E-state index is 0.0476. The van der Waals surface area contributed by atoms with Crippen molar-refractivity contribution in [2.24, 2.45) is 22.7 Å². The van der Waals surface area contributed by atoms with Gasteiger partial charge in [-0.25, -0.2) is 4.79 Å². The highest BCUT2D eigenvalue weighted by atomic mass is 16.5. The minimum Gasteiger partial charge on any atom is -0.469 e. The van der Waals surface area contributed by atoms with Crippen molar-refractivity contribution in [3.63, 3.8) is 0 Å². The van der Waals surface area contributed by atoms with E-state index in [1.165, 1.54) is 45.5 Å². The fourth-order valence-corrected chi connectivity index (χ4v) is 5.56. The van der Waals surface area contributed by atoms with Crippen molar-refractivity contribution in [3.8, 4) is 0 Å². The Morgan fingerprint density at radius 1 is 1.19 bits per heavy atom. The monoisotopic (exact) mass is 362 g/mol. The van der Waals surface area contributed by atoms with Crippen LogP contribution in [0.25, 0.3) is 0 Å². The quantitative estimate of drug-likeness (QED) is 0.399. The van der Waals surface area contributed by atoms with Gasteiger partial charge in [0.25, 0.3) is 0 Å². The molecule has 3 atom stereocenters. The number of carbonyl (C=O) groups excluding carboxylic acids is 2. The SMILES string of the molecule is C=C1CCC2C(C)(C)CCC[C@]2(C)[C@H]1CC=C(CC(=O)OC)C(=O)OC. The van der Waals surface area contributed by atoms with Gasteiger partial charge in [-0.2, -0.15) is 0 Å². The van der Waals surface area contributed by atoms with Gasteiger partial charge in [-0.05, 0) is 54.8 Å². The van der Waals surface area contributed by atoms with Gasteiger partial charge >= 0.3 is 11.9 Å². The van der Waals surface area contributed by atoms with E-state index < -0.39 is 11.9 Å². The van der Waals surface area contributed by atoms with E-state index in [1.54, 1.807) is 0 Å². The number of rotatable bonds is 5. The number of allylic oxidation sites excluding steroid dienone is 2. The molecule has 0 aliphatic heterocycles. The van der Waals surface area contributed by atoms with Crippen LogP contribution in [-0.4, -0.2) is 26.2 Å². The first-order chi connectivity index (χ1) is 12.2. The molecule has 0 aromatic carbocycles. The standard InChI is InChI=1S/C22H34O4/c1-15-8-11-18-21(2,3)12-7-13-22(18,4)17(15)10-9-16(20(24)26-6)14-19(23)25-5/h9,17-18H,1,7-8,10-14H2,2-6H3/t17-,18?,22+/m0/s1. The lowest BCUT2D eigenvalue weighted by Crippen LogP contribution is -2.49. The first-order valence-electron chi connectivity index (χ1n) is 9.67. The Labute approximate surface area is 158 Å². The van der Waals surface area contributed by atoms with Gasteiger partial charge < -0.3 is 9.47 Å². The van der Waals surface area contributed by atoms with Crippen LogP contribution in [0.1, 0.15) is 65.7 Å². The second-order valence-electron chi connectivity index (χ2n) is 8.86. The van der Waals surface area contributed by atoms with E-state index in [1.807, 2.05) is 6.08 Å². The van der Waals surface area contributed by atoms with Gasteiger partial charge in [0.15, 0.2) is 0 Å². The molecule has 2 fully saturated rings. The van der Waals surface area contributed by atoms with Crippen molar-refractivity contribution in [3.05, 3.63) is 23.8 Å². The van der Waals surface area contributed by atoms with Gasteiger partial charge in [-0.3, -0.25) is 4.79 Å². The third kappa shape index (κ3) is 4.05. The van der Waals surface area contributed by atoms with E-state index in [2.05, 4.69) is 27.4 Å². The van der Waals surface area contributed by atoms with Crippen molar-refractivity contribution in [2.75, 3.05) is 14.2 Å². The van der Waals surface area contributed by atoms with Crippen molar-refractivity contribution in [1.29, 1.82) is 0 Å². The molecule has 0 amide bonds. The summed E-state index contributed by atoms with van der Waals surface area (Å²) in [6.45, 7) is 11.6. The number of hydrogen-bond acceptors (Lipinski definition) is 4. The Bertz CT molecular complexity index is 601. The van der Waals surface area contributed by atoms with Crippen molar-refractivity contribution >= 4 is 11.9 Å². The zero-order valence-electron chi connectivity index (χ0n) is 17.0. The topological polar surface area (TPSA) is 52.6 Å². The van der Waals surface area contributed by atoms with Crippen molar-refractivity contribution in [1.82, 2.24) is 0 Å². The zero-order chi connectivity index (χ0) is 19.5. The summed E-state index contributed by atoms with van der Waals surface area (Å²) >= 11 is 0. The first-order valence-corrected chi connectivity index (χ1v) is 9.67. The van der Waals surface area contributed by atoms with Crippen LogP contribution in [0.4, 0.5) is 0 Å². The third-order valence-electron chi connectivity index (χ3n) is 6.93. The van der Waals surface area contributed by atoms with Gasteiger partial charge in [-0.1, -0.05) is 45.4 Å². The molecule has 0 aromatic rings. The Morgan fingerprint density at radius 3 is 2.50 bits per heavy atom. The number of ether oxygens (including phenoxy) is 2. The molecule has 0 radical (unpaired) electrons. The highest BCUT2D eigenvalue weighted by Gasteiger charge is 2.52. The summed E-state index contributed by atoms with van der Waals surface area (Å²) in [6, 6.07) is 0. The molecule has 2 aliphatic carbocycles.